The van der Waals surface area contributed by atoms with Crippen molar-refractivity contribution in [2.45, 2.75) is 59.6 Å². The molecule has 0 bridgehead atoms. The Hall–Kier alpha value is -1.26. The lowest BCUT2D eigenvalue weighted by molar-refractivity contribution is -0.147. The number of amides is 1. The lowest BCUT2D eigenvalue weighted by Gasteiger charge is -2.32. The average Bonchev–Trinajstić information content (AvgIpc) is 2.24. The third-order valence-electron chi connectivity index (χ3n) is 2.51. The molecule has 0 unspecified atom stereocenters. The molecule has 1 atom stereocenters. The van der Waals surface area contributed by atoms with Crippen LogP contribution in [0.5, 0.6) is 0 Å². The lowest BCUT2D eigenvalue weighted by Crippen LogP contribution is -2.48. The van der Waals surface area contributed by atoms with Crippen LogP contribution < -0.4 is 0 Å². The van der Waals surface area contributed by atoms with Gasteiger partial charge in [-0.3, -0.25) is 4.90 Å². The highest BCUT2D eigenvalue weighted by Gasteiger charge is 2.32. The molecule has 0 heterocycles. The Morgan fingerprint density at radius 2 is 1.74 bits per heavy atom. The summed E-state index contributed by atoms with van der Waals surface area (Å²) >= 11 is 0. The number of likely N-dealkylation sites (N-methyl/N-ethyl adjacent to an activating group) is 1. The molecule has 5 nitrogen and oxygen atoms in total. The van der Waals surface area contributed by atoms with Crippen LogP contribution in [0.2, 0.25) is 0 Å². The van der Waals surface area contributed by atoms with Crippen LogP contribution >= 0.6 is 0 Å². The van der Waals surface area contributed by atoms with E-state index >= 15 is 0 Å². The molecule has 0 aromatic heterocycles. The van der Waals surface area contributed by atoms with E-state index in [0.29, 0.717) is 13.0 Å². The van der Waals surface area contributed by atoms with Crippen LogP contribution in [0, 0.1) is 5.92 Å². The Kier molecular flexibility index (Phi) is 6.87. The van der Waals surface area contributed by atoms with Gasteiger partial charge in [-0.1, -0.05) is 13.8 Å². The molecule has 0 spiro atoms. The molecule has 0 aliphatic rings. The summed E-state index contributed by atoms with van der Waals surface area (Å²) in [5.41, 5.74) is -0.580. The van der Waals surface area contributed by atoms with Crippen LogP contribution in [-0.2, 0) is 14.3 Å². The molecule has 0 saturated heterocycles. The van der Waals surface area contributed by atoms with Crippen molar-refractivity contribution in [1.29, 1.82) is 0 Å². The average molecular weight is 273 g/mol. The second kappa shape index (κ2) is 7.36. The maximum absolute atomic E-state index is 12.1. The predicted octanol–water partition coefficient (Wildman–Crippen LogP) is 2.83. The Labute approximate surface area is 116 Å². The Morgan fingerprint density at radius 1 is 1.21 bits per heavy atom. The van der Waals surface area contributed by atoms with Gasteiger partial charge in [0.15, 0.2) is 0 Å². The van der Waals surface area contributed by atoms with Crippen molar-refractivity contribution < 1.29 is 19.1 Å². The number of ether oxygens (including phenoxy) is 2. The Bertz CT molecular complexity index is 307. The topological polar surface area (TPSA) is 55.8 Å². The van der Waals surface area contributed by atoms with E-state index in [1.54, 1.807) is 20.8 Å². The zero-order valence-electron chi connectivity index (χ0n) is 13.1. The van der Waals surface area contributed by atoms with Crippen LogP contribution in [0.3, 0.4) is 0 Å². The standard InChI is InChI=1S/C14H27NO4/c1-8-15(13(17)19-14(4,5)6)11(9-10(2)3)12(16)18-7/h10-11H,8-9H2,1-7H3/t11-/m0/s1. The van der Waals surface area contributed by atoms with Crippen molar-refractivity contribution in [2.24, 2.45) is 5.92 Å². The molecule has 5 heteroatoms. The molecule has 1 amide bonds. The predicted molar refractivity (Wildman–Crippen MR) is 73.9 cm³/mol. The number of carbonyl (C=O) groups is 2. The number of rotatable bonds is 5. The molecule has 0 aromatic rings. The summed E-state index contributed by atoms with van der Waals surface area (Å²) in [6.07, 6.45) is 0.0748. The van der Waals surface area contributed by atoms with Gasteiger partial charge in [0.2, 0.25) is 0 Å². The van der Waals surface area contributed by atoms with Crippen molar-refractivity contribution in [3.8, 4) is 0 Å². The Balaban J connectivity index is 5.02. The normalized spacial score (nSPS) is 13.1. The summed E-state index contributed by atoms with van der Waals surface area (Å²) in [7, 11) is 1.33. The second-order valence-corrected chi connectivity index (χ2v) is 5.93. The molecular formula is C14H27NO4. The highest BCUT2D eigenvalue weighted by Crippen LogP contribution is 2.17. The first-order chi connectivity index (χ1) is 8.62. The van der Waals surface area contributed by atoms with Gasteiger partial charge in [0.25, 0.3) is 0 Å². The van der Waals surface area contributed by atoms with Crippen LogP contribution in [0.1, 0.15) is 48.0 Å². The van der Waals surface area contributed by atoms with Crippen molar-refractivity contribution in [1.82, 2.24) is 4.90 Å². The number of hydrogen-bond donors (Lipinski definition) is 0. The number of carbonyl (C=O) groups excluding carboxylic acids is 2. The summed E-state index contributed by atoms with van der Waals surface area (Å²) in [5.74, 6) is -0.123. The van der Waals surface area contributed by atoms with Gasteiger partial charge in [0.05, 0.1) is 7.11 Å². The fourth-order valence-corrected chi connectivity index (χ4v) is 1.73. The fraction of sp³-hybridized carbons (Fsp3) is 0.857. The molecule has 0 saturated carbocycles. The van der Waals surface area contributed by atoms with Gasteiger partial charge < -0.3 is 9.47 Å². The first-order valence-corrected chi connectivity index (χ1v) is 6.69. The summed E-state index contributed by atoms with van der Waals surface area (Å²) in [6.45, 7) is 11.6. The highest BCUT2D eigenvalue weighted by molar-refractivity contribution is 5.81. The minimum atomic E-state index is -0.593. The molecule has 0 N–H and O–H groups in total. The molecular weight excluding hydrogens is 246 g/mol. The van der Waals surface area contributed by atoms with E-state index in [-0.39, 0.29) is 5.92 Å². The van der Waals surface area contributed by atoms with Crippen LogP contribution in [0.4, 0.5) is 4.79 Å². The van der Waals surface area contributed by atoms with E-state index < -0.39 is 23.7 Å². The first kappa shape index (κ1) is 17.7. The molecule has 19 heavy (non-hydrogen) atoms. The molecule has 0 radical (unpaired) electrons. The third kappa shape index (κ3) is 6.45. The van der Waals surface area contributed by atoms with Gasteiger partial charge in [0.1, 0.15) is 11.6 Å². The third-order valence-corrected chi connectivity index (χ3v) is 2.51. The van der Waals surface area contributed by atoms with Crippen LogP contribution in [-0.4, -0.2) is 42.3 Å². The maximum atomic E-state index is 12.1. The van der Waals surface area contributed by atoms with Crippen LogP contribution in [0.15, 0.2) is 0 Å². The lowest BCUT2D eigenvalue weighted by atomic mass is 10.0. The Morgan fingerprint density at radius 3 is 2.05 bits per heavy atom. The summed E-state index contributed by atoms with van der Waals surface area (Å²) in [4.78, 5) is 25.4. The van der Waals surface area contributed by atoms with E-state index in [9.17, 15) is 9.59 Å². The molecule has 0 aliphatic carbocycles. The number of hydrogen-bond acceptors (Lipinski definition) is 4. The zero-order valence-corrected chi connectivity index (χ0v) is 13.1. The van der Waals surface area contributed by atoms with Gasteiger partial charge >= 0.3 is 12.1 Å². The molecule has 112 valence electrons. The molecule has 0 aliphatic heterocycles. The number of esters is 1. The number of nitrogens with zero attached hydrogens (tertiary/aromatic N) is 1. The summed E-state index contributed by atoms with van der Waals surface area (Å²) in [5, 5.41) is 0. The van der Waals surface area contributed by atoms with E-state index in [1.807, 2.05) is 20.8 Å². The van der Waals surface area contributed by atoms with Crippen molar-refractivity contribution in [3.63, 3.8) is 0 Å². The molecule has 0 fully saturated rings. The SMILES string of the molecule is CCN(C(=O)OC(C)(C)C)[C@@H](CC(C)C)C(=O)OC. The van der Waals surface area contributed by atoms with Crippen molar-refractivity contribution in [3.05, 3.63) is 0 Å². The van der Waals surface area contributed by atoms with Crippen molar-refractivity contribution in [2.75, 3.05) is 13.7 Å². The van der Waals surface area contributed by atoms with E-state index in [1.165, 1.54) is 12.0 Å². The smallest absolute Gasteiger partial charge is 0.411 e. The monoisotopic (exact) mass is 273 g/mol. The molecule has 0 rings (SSSR count). The van der Waals surface area contributed by atoms with Crippen LogP contribution in [0.25, 0.3) is 0 Å². The minimum Gasteiger partial charge on any atom is -0.467 e. The molecule has 0 aromatic carbocycles. The fourth-order valence-electron chi connectivity index (χ4n) is 1.73. The van der Waals surface area contributed by atoms with Gasteiger partial charge in [0, 0.05) is 6.54 Å². The highest BCUT2D eigenvalue weighted by atomic mass is 16.6. The summed E-state index contributed by atoms with van der Waals surface area (Å²) < 4.78 is 10.1. The second-order valence-electron chi connectivity index (χ2n) is 5.93. The van der Waals surface area contributed by atoms with Gasteiger partial charge in [-0.2, -0.15) is 0 Å². The van der Waals surface area contributed by atoms with Gasteiger partial charge in [-0.05, 0) is 40.0 Å². The quantitative estimate of drug-likeness (QED) is 0.723. The van der Waals surface area contributed by atoms with Crippen molar-refractivity contribution >= 4 is 12.1 Å². The minimum absolute atomic E-state index is 0.278. The first-order valence-electron chi connectivity index (χ1n) is 6.69. The maximum Gasteiger partial charge on any atom is 0.411 e. The summed E-state index contributed by atoms with van der Waals surface area (Å²) in [6, 6.07) is -0.593. The number of methoxy groups -OCH3 is 1. The van der Waals surface area contributed by atoms with E-state index in [2.05, 4.69) is 0 Å². The van der Waals surface area contributed by atoms with E-state index in [0.717, 1.165) is 0 Å². The zero-order chi connectivity index (χ0) is 15.2. The van der Waals surface area contributed by atoms with E-state index in [4.69, 9.17) is 9.47 Å². The largest absolute Gasteiger partial charge is 0.467 e. The van der Waals surface area contributed by atoms with Gasteiger partial charge in [-0.25, -0.2) is 9.59 Å². The van der Waals surface area contributed by atoms with Gasteiger partial charge in [-0.15, -0.1) is 0 Å².